The largest absolute Gasteiger partial charge is 0.779 e. The van der Waals surface area contributed by atoms with Crippen LogP contribution in [0.25, 0.3) is 32.3 Å². The van der Waals surface area contributed by atoms with Gasteiger partial charge in [0.1, 0.15) is 61.9 Å². The van der Waals surface area contributed by atoms with Crippen LogP contribution >= 0.6 is 15.2 Å². The van der Waals surface area contributed by atoms with E-state index in [4.69, 9.17) is 37.5 Å². The lowest BCUT2D eigenvalue weighted by Crippen LogP contribution is -2.46. The summed E-state index contributed by atoms with van der Waals surface area (Å²) in [5.74, 6) is 10.2. The van der Waals surface area contributed by atoms with E-state index in [-0.39, 0.29) is 56.6 Å². The zero-order chi connectivity index (χ0) is 54.3. The average molecular weight is 1090 g/mol. The Morgan fingerprint density at radius 1 is 0.697 bits per heavy atom. The van der Waals surface area contributed by atoms with Gasteiger partial charge in [-0.05, 0) is 38.4 Å². The molecule has 4 bridgehead atoms. The van der Waals surface area contributed by atoms with E-state index in [0.717, 1.165) is 54.8 Å². The van der Waals surface area contributed by atoms with Crippen LogP contribution in [-0.4, -0.2) is 141 Å². The van der Waals surface area contributed by atoms with Gasteiger partial charge in [0.2, 0.25) is 0 Å². The molecule has 4 unspecified atom stereocenters. The first-order valence-electron chi connectivity index (χ1n) is 23.1. The number of methoxy groups -OCH3 is 3. The smallest absolute Gasteiger partial charge is 0.407 e. The van der Waals surface area contributed by atoms with Crippen LogP contribution < -0.4 is 42.9 Å². The van der Waals surface area contributed by atoms with Crippen LogP contribution in [0.4, 0.5) is 4.79 Å². The van der Waals surface area contributed by atoms with Gasteiger partial charge in [-0.1, -0.05) is 72.2 Å². The quantitative estimate of drug-likeness (QED) is 0.0683. The molecule has 4 N–H and O–H groups in total. The van der Waals surface area contributed by atoms with Gasteiger partial charge in [-0.2, -0.15) is 0 Å². The zero-order valence-corrected chi connectivity index (χ0v) is 42.9. The van der Waals surface area contributed by atoms with Gasteiger partial charge in [-0.25, -0.2) is 14.4 Å². The number of ether oxygens (including phenoxy) is 7. The summed E-state index contributed by atoms with van der Waals surface area (Å²) in [6.45, 7) is 1.56. The number of nitrogens with zero attached hydrogens (tertiary/aromatic N) is 2. The van der Waals surface area contributed by atoms with Gasteiger partial charge >= 0.3 is 17.5 Å². The number of alkyl carbamates (subject to hydrolysis) is 1. The van der Waals surface area contributed by atoms with Gasteiger partial charge in [0.25, 0.3) is 17.0 Å². The molecule has 4 aromatic carbocycles. The van der Waals surface area contributed by atoms with Gasteiger partial charge < -0.3 is 71.8 Å². The molecule has 76 heavy (non-hydrogen) atoms. The number of hydrogen-bond acceptors (Lipinski definition) is 19. The summed E-state index contributed by atoms with van der Waals surface area (Å²) in [5.41, 5.74) is -5.28. The Kier molecular flexibility index (Phi) is 15.1. The molecule has 25 nitrogen and oxygen atoms in total. The molecular weight excluding hydrogens is 1040 g/mol. The third-order valence-electron chi connectivity index (χ3n) is 12.9. The third kappa shape index (κ3) is 10.7. The summed E-state index contributed by atoms with van der Waals surface area (Å²) in [7, 11) is -4.37. The number of carbonyl (C=O) groups is 2. The highest BCUT2D eigenvalue weighted by molar-refractivity contribution is 7.50. The van der Waals surface area contributed by atoms with Gasteiger partial charge in [0.15, 0.2) is 12.5 Å². The number of fused-ring (bicyclic) bond motifs is 4. The SMILES string of the molecule is COC[C@@]12CO[C@H](C1OP(C)(=O)[O-])[C@H](n1cc(C#CCNC(=O)OC)c(=O)[nH]c1=O)O2.COC[C@@]12CO[C@H](C1OP(C)(=O)[O-])[C@H](n1cc(C#CCNC(=O)c3ccc4ccc5cccc6ccc3c4c56)c(=O)[nH]c1=O)O2. The second-order valence-electron chi connectivity index (χ2n) is 18.2. The number of amides is 2. The number of hydrogen-bond donors (Lipinski definition) is 4. The monoisotopic (exact) mass is 1090 g/mol. The Morgan fingerprint density at radius 2 is 1.16 bits per heavy atom. The number of benzene rings is 4. The molecule has 4 fully saturated rings. The topological polar surface area (TPSA) is 331 Å². The Labute approximate surface area is 430 Å². The van der Waals surface area contributed by atoms with Crippen molar-refractivity contribution >= 4 is 59.5 Å². The molecule has 6 aromatic rings. The summed E-state index contributed by atoms with van der Waals surface area (Å²) in [4.78, 5) is 102. The maximum absolute atomic E-state index is 13.2. The lowest BCUT2D eigenvalue weighted by molar-refractivity contribution is -0.209. The summed E-state index contributed by atoms with van der Waals surface area (Å²) >= 11 is 0. The van der Waals surface area contributed by atoms with Crippen molar-refractivity contribution in [2.45, 2.75) is 48.1 Å². The molecule has 0 saturated carbocycles. The van der Waals surface area contributed by atoms with Crippen LogP contribution in [0, 0.1) is 23.7 Å². The van der Waals surface area contributed by atoms with Gasteiger partial charge in [0, 0.05) is 45.5 Å². The second kappa shape index (κ2) is 21.3. The molecular formula is C49H48N6O19P2-2. The van der Waals surface area contributed by atoms with Crippen LogP contribution in [0.5, 0.6) is 0 Å². The zero-order valence-electron chi connectivity index (χ0n) is 41.1. The minimum atomic E-state index is -4.21. The number of carbonyl (C=O) groups excluding carboxylic acids is 2. The number of rotatable bonds is 13. The fraction of sp³-hybridized carbons (Fsp3) is 0.388. The van der Waals surface area contributed by atoms with Crippen molar-refractivity contribution in [1.29, 1.82) is 0 Å². The molecule has 0 spiro atoms. The van der Waals surface area contributed by atoms with Gasteiger partial charge in [-0.15, -0.1) is 0 Å². The van der Waals surface area contributed by atoms with Crippen molar-refractivity contribution in [3.05, 3.63) is 125 Å². The molecule has 4 aliphatic heterocycles. The van der Waals surface area contributed by atoms with E-state index in [1.807, 2.05) is 42.5 Å². The minimum Gasteiger partial charge on any atom is -0.779 e. The fourth-order valence-corrected chi connectivity index (χ4v) is 11.2. The molecule has 4 saturated heterocycles. The van der Waals surface area contributed by atoms with Gasteiger partial charge in [-0.3, -0.25) is 33.5 Å². The van der Waals surface area contributed by atoms with Crippen molar-refractivity contribution in [2.75, 3.05) is 74.2 Å². The van der Waals surface area contributed by atoms with E-state index in [0.29, 0.717) is 5.56 Å². The maximum atomic E-state index is 13.2. The third-order valence-corrected chi connectivity index (χ3v) is 14.1. The molecule has 6 heterocycles. The van der Waals surface area contributed by atoms with E-state index in [1.54, 1.807) is 6.07 Å². The minimum absolute atomic E-state index is 0.00334. The van der Waals surface area contributed by atoms with E-state index in [2.05, 4.69) is 55.1 Å². The van der Waals surface area contributed by atoms with Crippen molar-refractivity contribution in [3.8, 4) is 23.7 Å². The Morgan fingerprint density at radius 3 is 1.63 bits per heavy atom. The predicted molar refractivity (Wildman–Crippen MR) is 265 cm³/mol. The Balaban J connectivity index is 0.000000200. The van der Waals surface area contributed by atoms with Gasteiger partial charge in [0.05, 0.1) is 46.6 Å². The lowest BCUT2D eigenvalue weighted by Gasteiger charge is -2.32. The molecule has 10 atom stereocenters. The highest BCUT2D eigenvalue weighted by Gasteiger charge is 2.65. The van der Waals surface area contributed by atoms with Crippen LogP contribution in [0.3, 0.4) is 0 Å². The maximum Gasteiger partial charge on any atom is 0.407 e. The average Bonchev–Trinajstić information content (AvgIpc) is 4.06. The molecule has 10 rings (SSSR count). The molecule has 4 aliphatic rings. The van der Waals surface area contributed by atoms with E-state index in [9.17, 15) is 47.7 Å². The van der Waals surface area contributed by atoms with Crippen molar-refractivity contribution in [3.63, 3.8) is 0 Å². The molecule has 2 amide bonds. The summed E-state index contributed by atoms with van der Waals surface area (Å²) in [5, 5.41) is 11.3. The molecule has 0 radical (unpaired) electrons. The van der Waals surface area contributed by atoms with Crippen molar-refractivity contribution in [2.24, 2.45) is 0 Å². The normalized spacial score (nSPS) is 25.7. The standard InChI is InChI=1S/C32H28N3O9P.C17H22N3O10P/c1-41-16-32-17-42-26(27(32)44-45(2,39)40)30(43-32)35-15-21(28(36)34-31(35)38)7-4-14-33-29(37)23-13-11-20-9-8-18-5-3-6-19-10-12-22(23)25(20)24(18)19;1-26-8-17-9-28-11(12(17)30-31(3,24)25)14(29-17)20-7-10(13(21)19-15(20)22)5-4-6-18-16(23)27-2/h3,5-6,8-13,15,26-27,30H,14,16-17H2,1-2H3,(H,33,37)(H,39,40)(H,34,36,38);7,11-12,14H,6,8-9H2,1-3H3,(H,18,23)(H,24,25)(H,19,21,22)/p-2/t26-,27?,30-,32-;11-,12?,14-,17-/m11/s1. The van der Waals surface area contributed by atoms with E-state index >= 15 is 0 Å². The number of H-pyrrole nitrogens is 2. The Hall–Kier alpha value is -6.80. The molecule has 2 aromatic heterocycles. The predicted octanol–water partition coefficient (Wildman–Crippen LogP) is 0.222. The van der Waals surface area contributed by atoms with Crippen LogP contribution in [0.2, 0.25) is 0 Å². The highest BCUT2D eigenvalue weighted by atomic mass is 31.2. The van der Waals surface area contributed by atoms with Crippen molar-refractivity contribution in [1.82, 2.24) is 29.7 Å². The lowest BCUT2D eigenvalue weighted by atomic mass is 9.92. The molecule has 27 heteroatoms. The summed E-state index contributed by atoms with van der Waals surface area (Å²) in [6, 6.07) is 17.8. The molecule has 0 aliphatic carbocycles. The molecule has 400 valence electrons. The number of aromatic amines is 2. The second-order valence-corrected chi connectivity index (χ2v) is 21.7. The number of nitrogens with one attached hydrogen (secondary N) is 4. The highest BCUT2D eigenvalue weighted by Crippen LogP contribution is 2.52. The van der Waals surface area contributed by atoms with Crippen LogP contribution in [-0.2, 0) is 51.3 Å². The number of aromatic nitrogens is 4. The first kappa shape index (κ1) is 54.0. The first-order valence-corrected chi connectivity index (χ1v) is 27.1. The summed E-state index contributed by atoms with van der Waals surface area (Å²) in [6.07, 6.45) is -4.58. The fourth-order valence-electron chi connectivity index (χ4n) is 9.80. The summed E-state index contributed by atoms with van der Waals surface area (Å²) < 4.78 is 74.6. The van der Waals surface area contributed by atoms with E-state index < -0.39 is 91.9 Å². The van der Waals surface area contributed by atoms with Crippen LogP contribution in [0.1, 0.15) is 33.9 Å². The first-order chi connectivity index (χ1) is 36.2. The van der Waals surface area contributed by atoms with E-state index in [1.165, 1.54) is 33.7 Å². The Bertz CT molecular complexity index is 3720. The van der Waals surface area contributed by atoms with Crippen LogP contribution in [0.15, 0.2) is 86.2 Å². The van der Waals surface area contributed by atoms with Crippen molar-refractivity contribution < 1.29 is 70.7 Å².